The molecule has 1 amide bonds. The predicted molar refractivity (Wildman–Crippen MR) is 133 cm³/mol. The van der Waals surface area contributed by atoms with E-state index in [4.69, 9.17) is 11.6 Å². The second-order valence-corrected chi connectivity index (χ2v) is 9.69. The Hall–Kier alpha value is -3.90. The van der Waals surface area contributed by atoms with Gasteiger partial charge in [0.2, 0.25) is 5.54 Å². The summed E-state index contributed by atoms with van der Waals surface area (Å²) in [6.07, 6.45) is 1.70. The smallest absolute Gasteiger partial charge is 0.269 e. The zero-order valence-electron chi connectivity index (χ0n) is 19.4. The van der Waals surface area contributed by atoms with Gasteiger partial charge in [-0.05, 0) is 42.7 Å². The number of ketones is 1. The van der Waals surface area contributed by atoms with Crippen LogP contribution in [0.4, 0.5) is 11.4 Å². The van der Waals surface area contributed by atoms with Crippen molar-refractivity contribution in [3.63, 3.8) is 0 Å². The molecule has 10 heteroatoms. The van der Waals surface area contributed by atoms with Crippen LogP contribution in [0, 0.1) is 21.4 Å². The number of non-ortho nitro benzene ring substituents is 1. The van der Waals surface area contributed by atoms with Gasteiger partial charge in [0, 0.05) is 66.7 Å². The van der Waals surface area contributed by atoms with Crippen molar-refractivity contribution in [2.24, 2.45) is 0 Å². The molecule has 1 saturated heterocycles. The Morgan fingerprint density at radius 1 is 1.08 bits per heavy atom. The standard InChI is InChI=1S/C26H24ClN5O4/c27-18-6-4-17(5-7-18)24-23-21(2-1-3-22(23)33)29-26(24,16-28)25(34)31-14-12-30(13-15-31)19-8-10-20(11-9-19)32(35)36/h4-11,24,29H,1-3,12-15H2. The molecule has 0 bridgehead atoms. The lowest BCUT2D eigenvalue weighted by Crippen LogP contribution is -2.61. The summed E-state index contributed by atoms with van der Waals surface area (Å²) in [7, 11) is 0. The van der Waals surface area contributed by atoms with Crippen molar-refractivity contribution in [1.29, 1.82) is 5.26 Å². The van der Waals surface area contributed by atoms with Crippen LogP contribution in [0.5, 0.6) is 0 Å². The van der Waals surface area contributed by atoms with E-state index in [2.05, 4.69) is 16.3 Å². The van der Waals surface area contributed by atoms with E-state index in [1.165, 1.54) is 12.1 Å². The van der Waals surface area contributed by atoms with Gasteiger partial charge in [-0.3, -0.25) is 19.7 Å². The number of piperazine rings is 1. The lowest BCUT2D eigenvalue weighted by molar-refractivity contribution is -0.384. The maximum absolute atomic E-state index is 14.0. The minimum Gasteiger partial charge on any atom is -0.368 e. The lowest BCUT2D eigenvalue weighted by atomic mass is 9.74. The Labute approximate surface area is 213 Å². The third-order valence-corrected chi connectivity index (χ3v) is 7.49. The van der Waals surface area contributed by atoms with Crippen LogP contribution in [0.15, 0.2) is 59.8 Å². The molecule has 2 aromatic carbocycles. The van der Waals surface area contributed by atoms with Crippen molar-refractivity contribution in [3.05, 3.63) is 80.5 Å². The SMILES string of the molecule is N#CC1(C(=O)N2CCN(c3ccc([N+](=O)[O-])cc3)CC2)NC2=C(C(=O)CCC2)C1c1ccc(Cl)cc1. The highest BCUT2D eigenvalue weighted by molar-refractivity contribution is 6.30. The molecule has 0 radical (unpaired) electrons. The van der Waals surface area contributed by atoms with Gasteiger partial charge in [0.05, 0.1) is 10.8 Å². The van der Waals surface area contributed by atoms with Crippen molar-refractivity contribution in [2.75, 3.05) is 31.1 Å². The van der Waals surface area contributed by atoms with Gasteiger partial charge in [-0.15, -0.1) is 0 Å². The largest absolute Gasteiger partial charge is 0.368 e. The van der Waals surface area contributed by atoms with E-state index in [9.17, 15) is 25.0 Å². The molecule has 0 saturated carbocycles. The van der Waals surface area contributed by atoms with Gasteiger partial charge < -0.3 is 15.1 Å². The van der Waals surface area contributed by atoms with Crippen LogP contribution >= 0.6 is 11.6 Å². The fourth-order valence-corrected chi connectivity index (χ4v) is 5.57. The Kier molecular flexibility index (Phi) is 6.14. The average molecular weight is 506 g/mol. The minimum absolute atomic E-state index is 0.0232. The zero-order chi connectivity index (χ0) is 25.4. The van der Waals surface area contributed by atoms with E-state index >= 15 is 0 Å². The molecule has 36 heavy (non-hydrogen) atoms. The van der Waals surface area contributed by atoms with Crippen LogP contribution in [0.3, 0.4) is 0 Å². The number of anilines is 1. The molecule has 1 N–H and O–H groups in total. The minimum atomic E-state index is -1.62. The molecule has 1 aliphatic carbocycles. The fraction of sp³-hybridized carbons (Fsp3) is 0.346. The van der Waals surface area contributed by atoms with E-state index in [0.717, 1.165) is 5.69 Å². The summed E-state index contributed by atoms with van der Waals surface area (Å²) in [6, 6.07) is 15.6. The van der Waals surface area contributed by atoms with Crippen molar-refractivity contribution in [2.45, 2.75) is 30.7 Å². The van der Waals surface area contributed by atoms with E-state index in [-0.39, 0.29) is 17.4 Å². The number of carbonyl (C=O) groups is 2. The highest BCUT2D eigenvalue weighted by Crippen LogP contribution is 2.47. The van der Waals surface area contributed by atoms with Gasteiger partial charge in [-0.2, -0.15) is 5.26 Å². The molecule has 2 aliphatic heterocycles. The fourth-order valence-electron chi connectivity index (χ4n) is 5.45. The van der Waals surface area contributed by atoms with Gasteiger partial charge in [-0.25, -0.2) is 0 Å². The maximum Gasteiger partial charge on any atom is 0.269 e. The molecule has 2 unspecified atom stereocenters. The summed E-state index contributed by atoms with van der Waals surface area (Å²) in [6.45, 7) is 1.80. The zero-order valence-corrected chi connectivity index (χ0v) is 20.2. The summed E-state index contributed by atoms with van der Waals surface area (Å²) in [5.41, 5.74) is 1.16. The molecular weight excluding hydrogens is 482 g/mol. The molecule has 5 rings (SSSR count). The molecule has 2 heterocycles. The summed E-state index contributed by atoms with van der Waals surface area (Å²) >= 11 is 6.09. The van der Waals surface area contributed by atoms with E-state index in [1.807, 2.05) is 0 Å². The lowest BCUT2D eigenvalue weighted by Gasteiger charge is -2.40. The molecule has 0 aromatic heterocycles. The van der Waals surface area contributed by atoms with Crippen LogP contribution < -0.4 is 10.2 Å². The second-order valence-electron chi connectivity index (χ2n) is 9.25. The average Bonchev–Trinajstić information content (AvgIpc) is 3.25. The summed E-state index contributed by atoms with van der Waals surface area (Å²) in [5, 5.41) is 25.1. The van der Waals surface area contributed by atoms with Crippen LogP contribution in [0.2, 0.25) is 5.02 Å². The topological polar surface area (TPSA) is 120 Å². The third kappa shape index (κ3) is 3.97. The number of nitro benzene ring substituents is 1. The molecule has 1 fully saturated rings. The van der Waals surface area contributed by atoms with Gasteiger partial charge >= 0.3 is 0 Å². The van der Waals surface area contributed by atoms with Crippen LogP contribution in [0.25, 0.3) is 0 Å². The van der Waals surface area contributed by atoms with Gasteiger partial charge in [-0.1, -0.05) is 23.7 Å². The normalized spacial score (nSPS) is 23.7. The van der Waals surface area contributed by atoms with Crippen LogP contribution in [0.1, 0.15) is 30.7 Å². The molecule has 2 atom stereocenters. The number of nitrogens with zero attached hydrogens (tertiary/aromatic N) is 4. The number of allylic oxidation sites excluding steroid dienone is 1. The van der Waals surface area contributed by atoms with E-state index < -0.39 is 16.4 Å². The number of halogens is 1. The monoisotopic (exact) mass is 505 g/mol. The molecular formula is C26H24ClN5O4. The molecule has 3 aliphatic rings. The Morgan fingerprint density at radius 3 is 2.36 bits per heavy atom. The second kappa shape index (κ2) is 9.28. The Balaban J connectivity index is 1.40. The van der Waals surface area contributed by atoms with E-state index in [1.54, 1.807) is 41.3 Å². The number of nitro groups is 1. The summed E-state index contributed by atoms with van der Waals surface area (Å²) in [4.78, 5) is 41.2. The maximum atomic E-state index is 14.0. The first kappa shape index (κ1) is 23.8. The van der Waals surface area contributed by atoms with Crippen molar-refractivity contribution >= 4 is 34.7 Å². The predicted octanol–water partition coefficient (Wildman–Crippen LogP) is 3.55. The van der Waals surface area contributed by atoms with Gasteiger partial charge in [0.15, 0.2) is 5.78 Å². The van der Waals surface area contributed by atoms with Gasteiger partial charge in [0.25, 0.3) is 11.6 Å². The number of amides is 1. The Morgan fingerprint density at radius 2 is 1.75 bits per heavy atom. The van der Waals surface area contributed by atoms with Crippen molar-refractivity contribution in [3.8, 4) is 6.07 Å². The first-order chi connectivity index (χ1) is 17.3. The Bertz CT molecular complexity index is 1290. The van der Waals surface area contributed by atoms with Crippen LogP contribution in [-0.2, 0) is 9.59 Å². The number of Topliss-reactive ketones (excluding diaryl/α,β-unsaturated/α-hetero) is 1. The number of benzene rings is 2. The molecule has 0 spiro atoms. The molecule has 184 valence electrons. The van der Waals surface area contributed by atoms with Crippen LogP contribution in [-0.4, -0.2) is 53.2 Å². The number of hydrogen-bond acceptors (Lipinski definition) is 7. The number of rotatable bonds is 4. The summed E-state index contributed by atoms with van der Waals surface area (Å²) < 4.78 is 0. The molecule has 2 aromatic rings. The first-order valence-corrected chi connectivity index (χ1v) is 12.2. The van der Waals surface area contributed by atoms with Crippen molar-refractivity contribution in [1.82, 2.24) is 10.2 Å². The highest BCUT2D eigenvalue weighted by atomic mass is 35.5. The number of carbonyl (C=O) groups excluding carboxylic acids is 2. The third-order valence-electron chi connectivity index (χ3n) is 7.24. The molecule has 9 nitrogen and oxygen atoms in total. The van der Waals surface area contributed by atoms with Crippen molar-refractivity contribution < 1.29 is 14.5 Å². The number of nitriles is 1. The van der Waals surface area contributed by atoms with E-state index in [0.29, 0.717) is 67.3 Å². The quantitative estimate of drug-likeness (QED) is 0.498. The highest BCUT2D eigenvalue weighted by Gasteiger charge is 2.57. The first-order valence-electron chi connectivity index (χ1n) is 11.8. The number of nitrogens with one attached hydrogen (secondary N) is 1. The number of hydrogen-bond donors (Lipinski definition) is 1. The van der Waals surface area contributed by atoms with Gasteiger partial charge in [0.1, 0.15) is 6.07 Å². The summed E-state index contributed by atoms with van der Waals surface area (Å²) in [5.74, 6) is -1.10.